The number of amides is 5. The van der Waals surface area contributed by atoms with Gasteiger partial charge in [0, 0.05) is 36.9 Å². The summed E-state index contributed by atoms with van der Waals surface area (Å²) in [5.41, 5.74) is 0.983. The Bertz CT molecular complexity index is 920. The van der Waals surface area contributed by atoms with Gasteiger partial charge in [0.1, 0.15) is 6.04 Å². The van der Waals surface area contributed by atoms with Crippen molar-refractivity contribution in [2.75, 3.05) is 23.7 Å². The summed E-state index contributed by atoms with van der Waals surface area (Å²) in [6.45, 7) is 1.01. The van der Waals surface area contributed by atoms with E-state index in [1.165, 1.54) is 0 Å². The summed E-state index contributed by atoms with van der Waals surface area (Å²) in [6, 6.07) is 3.95. The number of hydrogen-bond acceptors (Lipinski definition) is 6. The molecule has 0 bridgehead atoms. The molecule has 9 nitrogen and oxygen atoms in total. The van der Waals surface area contributed by atoms with Gasteiger partial charge in [0.2, 0.25) is 17.7 Å². The van der Waals surface area contributed by atoms with Gasteiger partial charge in [0.15, 0.2) is 0 Å². The second-order valence-corrected chi connectivity index (χ2v) is 8.60. The van der Waals surface area contributed by atoms with E-state index in [4.69, 9.17) is 0 Å². The number of hydrogen-bond donors (Lipinski definition) is 3. The van der Waals surface area contributed by atoms with Gasteiger partial charge < -0.3 is 10.6 Å². The normalized spacial score (nSPS) is 17.9. The van der Waals surface area contributed by atoms with Crippen molar-refractivity contribution in [1.29, 1.82) is 0 Å². The van der Waals surface area contributed by atoms with Gasteiger partial charge in [-0.15, -0.1) is 0 Å². The fourth-order valence-corrected chi connectivity index (χ4v) is 4.24. The number of unbranched alkanes of at least 4 members (excludes halogenated alkanes) is 2. The number of anilines is 1. The molecule has 0 radical (unpaired) electrons. The quantitative estimate of drug-likeness (QED) is 0.239. The molecule has 2 heterocycles. The van der Waals surface area contributed by atoms with Crippen LogP contribution in [0.15, 0.2) is 18.2 Å². The Labute approximate surface area is 194 Å². The minimum absolute atomic E-state index is 0.0285. The van der Waals surface area contributed by atoms with E-state index in [1.807, 2.05) is 0 Å². The van der Waals surface area contributed by atoms with Crippen LogP contribution < -0.4 is 16.0 Å². The van der Waals surface area contributed by atoms with Crippen molar-refractivity contribution in [2.24, 2.45) is 0 Å². The van der Waals surface area contributed by atoms with Crippen molar-refractivity contribution in [3.63, 3.8) is 0 Å². The molecular weight excluding hydrogens is 480 g/mol. The SMILES string of the molecule is O=C(CCCCCBr)NCCCNc1cccc2c1C(=O)N(C1CCC(=O)NC1=O)C2=O. The third-order valence-electron chi connectivity index (χ3n) is 5.50. The number of nitrogens with zero attached hydrogens (tertiary/aromatic N) is 1. The van der Waals surface area contributed by atoms with E-state index in [2.05, 4.69) is 31.9 Å². The predicted octanol–water partition coefficient (Wildman–Crippen LogP) is 1.96. The van der Waals surface area contributed by atoms with Crippen LogP contribution in [0.25, 0.3) is 0 Å². The highest BCUT2D eigenvalue weighted by Crippen LogP contribution is 2.32. The van der Waals surface area contributed by atoms with E-state index in [1.54, 1.807) is 18.2 Å². The number of fused-ring (bicyclic) bond motifs is 1. The van der Waals surface area contributed by atoms with Crippen LogP contribution in [0.1, 0.15) is 65.7 Å². The minimum Gasteiger partial charge on any atom is -0.384 e. The fourth-order valence-electron chi connectivity index (χ4n) is 3.85. The lowest BCUT2D eigenvalue weighted by atomic mass is 10.0. The monoisotopic (exact) mass is 506 g/mol. The number of rotatable bonds is 11. The Morgan fingerprint density at radius 1 is 1.06 bits per heavy atom. The van der Waals surface area contributed by atoms with E-state index in [0.29, 0.717) is 31.6 Å². The number of imide groups is 2. The predicted molar refractivity (Wildman–Crippen MR) is 121 cm³/mol. The molecule has 3 N–H and O–H groups in total. The molecule has 2 aliphatic heterocycles. The van der Waals surface area contributed by atoms with Crippen LogP contribution in [0.2, 0.25) is 0 Å². The van der Waals surface area contributed by atoms with Crippen molar-refractivity contribution < 1.29 is 24.0 Å². The highest BCUT2D eigenvalue weighted by atomic mass is 79.9. The van der Waals surface area contributed by atoms with Crippen LogP contribution in [0.5, 0.6) is 0 Å². The Balaban J connectivity index is 1.53. The number of nitrogens with one attached hydrogen (secondary N) is 3. The first-order valence-corrected chi connectivity index (χ1v) is 12.0. The van der Waals surface area contributed by atoms with E-state index in [9.17, 15) is 24.0 Å². The summed E-state index contributed by atoms with van der Waals surface area (Å²) in [4.78, 5) is 62.2. The maximum Gasteiger partial charge on any atom is 0.264 e. The van der Waals surface area contributed by atoms with Gasteiger partial charge in [-0.2, -0.15) is 0 Å². The number of benzene rings is 1. The van der Waals surface area contributed by atoms with Crippen molar-refractivity contribution in [1.82, 2.24) is 15.5 Å². The average molecular weight is 507 g/mol. The number of alkyl halides is 1. The molecule has 2 aliphatic rings. The Hall–Kier alpha value is -2.75. The summed E-state index contributed by atoms with van der Waals surface area (Å²) in [5, 5.41) is 9.18. The Morgan fingerprint density at radius 3 is 2.62 bits per heavy atom. The fraction of sp³-hybridized carbons (Fsp3) is 0.500. The molecule has 0 aromatic heterocycles. The molecule has 1 atom stereocenters. The zero-order valence-electron chi connectivity index (χ0n) is 17.7. The maximum atomic E-state index is 13.0. The topological polar surface area (TPSA) is 125 Å². The number of halogens is 1. The lowest BCUT2D eigenvalue weighted by Gasteiger charge is -2.27. The largest absolute Gasteiger partial charge is 0.384 e. The zero-order chi connectivity index (χ0) is 23.1. The van der Waals surface area contributed by atoms with Gasteiger partial charge >= 0.3 is 0 Å². The summed E-state index contributed by atoms with van der Waals surface area (Å²) in [6.07, 6.45) is 4.30. The molecule has 32 heavy (non-hydrogen) atoms. The molecule has 0 aliphatic carbocycles. The second-order valence-electron chi connectivity index (χ2n) is 7.81. The van der Waals surface area contributed by atoms with Gasteiger partial charge in [0.05, 0.1) is 11.1 Å². The van der Waals surface area contributed by atoms with E-state index >= 15 is 0 Å². The van der Waals surface area contributed by atoms with Gasteiger partial charge in [0.25, 0.3) is 11.8 Å². The molecule has 0 saturated carbocycles. The van der Waals surface area contributed by atoms with E-state index in [0.717, 1.165) is 29.5 Å². The zero-order valence-corrected chi connectivity index (χ0v) is 19.3. The molecule has 1 saturated heterocycles. The molecule has 3 rings (SSSR count). The highest BCUT2D eigenvalue weighted by Gasteiger charge is 2.45. The minimum atomic E-state index is -0.988. The molecule has 1 fully saturated rings. The summed E-state index contributed by atoms with van der Waals surface area (Å²) in [7, 11) is 0. The van der Waals surface area contributed by atoms with Crippen molar-refractivity contribution in [3.8, 4) is 0 Å². The van der Waals surface area contributed by atoms with Gasteiger partial charge in [-0.25, -0.2) is 0 Å². The summed E-state index contributed by atoms with van der Waals surface area (Å²) >= 11 is 3.37. The molecule has 1 aromatic carbocycles. The number of carbonyl (C=O) groups excluding carboxylic acids is 5. The van der Waals surface area contributed by atoms with E-state index < -0.39 is 29.7 Å². The van der Waals surface area contributed by atoms with Crippen molar-refractivity contribution >= 4 is 51.2 Å². The van der Waals surface area contributed by atoms with Crippen molar-refractivity contribution in [2.45, 2.75) is 51.0 Å². The van der Waals surface area contributed by atoms with Gasteiger partial charge in [-0.3, -0.25) is 34.2 Å². The third kappa shape index (κ3) is 5.53. The molecule has 172 valence electrons. The van der Waals surface area contributed by atoms with Crippen LogP contribution in [-0.4, -0.2) is 58.9 Å². The number of carbonyl (C=O) groups is 5. The van der Waals surface area contributed by atoms with E-state index in [-0.39, 0.29) is 29.9 Å². The lowest BCUT2D eigenvalue weighted by Crippen LogP contribution is -2.54. The van der Waals surface area contributed by atoms with Gasteiger partial charge in [-0.05, 0) is 37.8 Å². The molecule has 5 amide bonds. The standard InChI is InChI=1S/C22H27BrN4O5/c23-11-3-1-2-8-17(28)25-13-5-12-24-15-7-4-6-14-19(15)22(32)27(21(14)31)16-9-10-18(29)26-20(16)30/h4,6-7,16,24H,1-3,5,8-13H2,(H,25,28)(H,26,29,30). The number of piperidine rings is 1. The van der Waals surface area contributed by atoms with Crippen LogP contribution >= 0.6 is 15.9 Å². The third-order valence-corrected chi connectivity index (χ3v) is 6.06. The smallest absolute Gasteiger partial charge is 0.264 e. The molecule has 10 heteroatoms. The Kier molecular flexibility index (Phi) is 8.38. The average Bonchev–Trinajstić information content (AvgIpc) is 3.02. The summed E-state index contributed by atoms with van der Waals surface area (Å²) in [5.74, 6) is -2.08. The van der Waals surface area contributed by atoms with Crippen molar-refractivity contribution in [3.05, 3.63) is 29.3 Å². The summed E-state index contributed by atoms with van der Waals surface area (Å²) < 4.78 is 0. The second kappa shape index (κ2) is 11.2. The first kappa shape index (κ1) is 23.9. The molecule has 1 unspecified atom stereocenters. The van der Waals surface area contributed by atoms with Gasteiger partial charge in [-0.1, -0.05) is 28.4 Å². The highest BCUT2D eigenvalue weighted by molar-refractivity contribution is 9.09. The maximum absolute atomic E-state index is 13.0. The van der Waals surface area contributed by atoms with Crippen LogP contribution in [0, 0.1) is 0 Å². The molecule has 1 aromatic rings. The Morgan fingerprint density at radius 2 is 1.88 bits per heavy atom. The lowest BCUT2D eigenvalue weighted by molar-refractivity contribution is -0.136. The van der Waals surface area contributed by atoms with Crippen LogP contribution in [-0.2, 0) is 14.4 Å². The first-order chi connectivity index (χ1) is 15.4. The van der Waals surface area contributed by atoms with Crippen LogP contribution in [0.4, 0.5) is 5.69 Å². The molecular formula is C22H27BrN4O5. The molecule has 0 spiro atoms. The first-order valence-electron chi connectivity index (χ1n) is 10.8. The van der Waals surface area contributed by atoms with Crippen LogP contribution in [0.3, 0.4) is 0 Å².